The number of rotatable bonds is 4. The summed E-state index contributed by atoms with van der Waals surface area (Å²) in [4.78, 5) is 19.8. The molecule has 1 amide bonds. The van der Waals surface area contributed by atoms with Crippen LogP contribution in [0.5, 0.6) is 5.75 Å². The van der Waals surface area contributed by atoms with E-state index in [1.165, 1.54) is 29.7 Å². The number of halogens is 1. The third-order valence-electron chi connectivity index (χ3n) is 4.36. The van der Waals surface area contributed by atoms with Gasteiger partial charge in [0.1, 0.15) is 6.54 Å². The number of amides is 1. The SMILES string of the molecule is COc1ccc(C(=O)N2CC[NH+](Cc3ccncc3)CC2)cc1F. The van der Waals surface area contributed by atoms with Gasteiger partial charge in [-0.2, -0.15) is 0 Å². The summed E-state index contributed by atoms with van der Waals surface area (Å²) in [7, 11) is 1.41. The highest BCUT2D eigenvalue weighted by Gasteiger charge is 2.25. The zero-order valence-corrected chi connectivity index (χ0v) is 13.7. The Hall–Kier alpha value is -2.47. The third-order valence-corrected chi connectivity index (χ3v) is 4.36. The zero-order valence-electron chi connectivity index (χ0n) is 13.7. The van der Waals surface area contributed by atoms with E-state index < -0.39 is 5.82 Å². The van der Waals surface area contributed by atoms with Crippen LogP contribution in [-0.4, -0.2) is 49.1 Å². The predicted molar refractivity (Wildman–Crippen MR) is 87.5 cm³/mol. The van der Waals surface area contributed by atoms with Gasteiger partial charge in [0, 0.05) is 23.5 Å². The monoisotopic (exact) mass is 330 g/mol. The van der Waals surface area contributed by atoms with Crippen LogP contribution in [0.2, 0.25) is 0 Å². The van der Waals surface area contributed by atoms with Gasteiger partial charge in [-0.1, -0.05) is 0 Å². The van der Waals surface area contributed by atoms with E-state index in [0.717, 1.165) is 19.6 Å². The lowest BCUT2D eigenvalue weighted by atomic mass is 10.1. The molecule has 0 radical (unpaired) electrons. The molecule has 5 nitrogen and oxygen atoms in total. The van der Waals surface area contributed by atoms with Crippen LogP contribution in [0.15, 0.2) is 42.7 Å². The molecule has 1 aromatic heterocycles. The van der Waals surface area contributed by atoms with Crippen molar-refractivity contribution < 1.29 is 18.8 Å². The van der Waals surface area contributed by atoms with E-state index in [2.05, 4.69) is 4.98 Å². The summed E-state index contributed by atoms with van der Waals surface area (Å²) < 4.78 is 18.7. The summed E-state index contributed by atoms with van der Waals surface area (Å²) in [6, 6.07) is 8.39. The largest absolute Gasteiger partial charge is 0.494 e. The number of hydrogen-bond acceptors (Lipinski definition) is 3. The first-order chi connectivity index (χ1) is 11.7. The Morgan fingerprint density at radius 2 is 1.96 bits per heavy atom. The number of benzene rings is 1. The molecule has 0 atom stereocenters. The molecule has 1 fully saturated rings. The highest BCUT2D eigenvalue weighted by molar-refractivity contribution is 5.94. The number of carbonyl (C=O) groups excluding carboxylic acids is 1. The molecule has 0 aliphatic carbocycles. The highest BCUT2D eigenvalue weighted by Crippen LogP contribution is 2.18. The minimum Gasteiger partial charge on any atom is -0.494 e. The van der Waals surface area contributed by atoms with Gasteiger partial charge in [0.25, 0.3) is 5.91 Å². The molecule has 126 valence electrons. The Balaban J connectivity index is 1.58. The van der Waals surface area contributed by atoms with Crippen molar-refractivity contribution in [2.75, 3.05) is 33.3 Å². The quantitative estimate of drug-likeness (QED) is 0.901. The summed E-state index contributed by atoms with van der Waals surface area (Å²) in [5.41, 5.74) is 1.61. The molecule has 0 bridgehead atoms. The third kappa shape index (κ3) is 3.71. The van der Waals surface area contributed by atoms with Gasteiger partial charge in [-0.3, -0.25) is 9.78 Å². The number of nitrogens with zero attached hydrogens (tertiary/aromatic N) is 2. The molecule has 1 aromatic carbocycles. The van der Waals surface area contributed by atoms with Crippen LogP contribution >= 0.6 is 0 Å². The lowest BCUT2D eigenvalue weighted by molar-refractivity contribution is -0.917. The van der Waals surface area contributed by atoms with E-state index >= 15 is 0 Å². The summed E-state index contributed by atoms with van der Waals surface area (Å²) in [5, 5.41) is 0. The normalized spacial score (nSPS) is 15.3. The molecule has 0 saturated carbocycles. The fourth-order valence-electron chi connectivity index (χ4n) is 2.97. The molecule has 2 heterocycles. The fraction of sp³-hybridized carbons (Fsp3) is 0.333. The average molecular weight is 330 g/mol. The van der Waals surface area contributed by atoms with Gasteiger partial charge in [0.15, 0.2) is 11.6 Å². The van der Waals surface area contributed by atoms with E-state index in [1.54, 1.807) is 23.4 Å². The average Bonchev–Trinajstić information content (AvgIpc) is 2.62. The number of nitrogens with one attached hydrogen (secondary N) is 1. The minimum atomic E-state index is -0.509. The second-order valence-corrected chi connectivity index (χ2v) is 5.92. The lowest BCUT2D eigenvalue weighted by Gasteiger charge is -2.32. The number of piperazine rings is 1. The summed E-state index contributed by atoms with van der Waals surface area (Å²) >= 11 is 0. The number of methoxy groups -OCH3 is 1. The van der Waals surface area contributed by atoms with Crippen LogP contribution in [0.1, 0.15) is 15.9 Å². The molecule has 2 aromatic rings. The van der Waals surface area contributed by atoms with Gasteiger partial charge in [-0.15, -0.1) is 0 Å². The van der Waals surface area contributed by atoms with E-state index in [0.29, 0.717) is 18.7 Å². The smallest absolute Gasteiger partial charge is 0.254 e. The van der Waals surface area contributed by atoms with Gasteiger partial charge >= 0.3 is 0 Å². The van der Waals surface area contributed by atoms with Crippen LogP contribution in [0.25, 0.3) is 0 Å². The first-order valence-corrected chi connectivity index (χ1v) is 8.02. The molecule has 1 aliphatic rings. The number of ether oxygens (including phenoxy) is 1. The number of aromatic nitrogens is 1. The molecule has 6 heteroatoms. The van der Waals surface area contributed by atoms with Crippen molar-refractivity contribution in [3.05, 3.63) is 59.7 Å². The van der Waals surface area contributed by atoms with Crippen LogP contribution in [0, 0.1) is 5.82 Å². The Labute approximate surface area is 140 Å². The zero-order chi connectivity index (χ0) is 16.9. The van der Waals surface area contributed by atoms with Crippen molar-refractivity contribution in [1.82, 2.24) is 9.88 Å². The first-order valence-electron chi connectivity index (χ1n) is 8.02. The summed E-state index contributed by atoms with van der Waals surface area (Å²) in [6.07, 6.45) is 3.60. The van der Waals surface area contributed by atoms with Crippen molar-refractivity contribution in [2.24, 2.45) is 0 Å². The number of pyridine rings is 1. The second kappa shape index (κ2) is 7.40. The fourth-order valence-corrected chi connectivity index (χ4v) is 2.97. The van der Waals surface area contributed by atoms with E-state index in [1.807, 2.05) is 12.1 Å². The van der Waals surface area contributed by atoms with Crippen molar-refractivity contribution in [3.8, 4) is 5.75 Å². The van der Waals surface area contributed by atoms with Crippen LogP contribution < -0.4 is 9.64 Å². The van der Waals surface area contributed by atoms with Crippen LogP contribution in [0.3, 0.4) is 0 Å². The van der Waals surface area contributed by atoms with Gasteiger partial charge in [-0.05, 0) is 30.3 Å². The molecule has 0 spiro atoms. The maximum atomic E-state index is 13.8. The Kier molecular flexibility index (Phi) is 5.05. The van der Waals surface area contributed by atoms with Gasteiger partial charge in [0.2, 0.25) is 0 Å². The standard InChI is InChI=1S/C18H20FN3O2/c1-24-17-3-2-15(12-16(17)19)18(23)22-10-8-21(9-11-22)13-14-4-6-20-7-5-14/h2-7,12H,8-11,13H2,1H3/p+1. The van der Waals surface area contributed by atoms with Crippen molar-refractivity contribution in [3.63, 3.8) is 0 Å². The Morgan fingerprint density at radius 1 is 1.25 bits per heavy atom. The predicted octanol–water partition coefficient (Wildman–Crippen LogP) is 0.770. The van der Waals surface area contributed by atoms with Gasteiger partial charge in [-0.25, -0.2) is 4.39 Å². The molecule has 0 unspecified atom stereocenters. The topological polar surface area (TPSA) is 46.9 Å². The summed E-state index contributed by atoms with van der Waals surface area (Å²) in [5.74, 6) is -0.483. The molecular weight excluding hydrogens is 309 g/mol. The first kappa shape index (κ1) is 16.4. The minimum absolute atomic E-state index is 0.125. The van der Waals surface area contributed by atoms with Crippen LogP contribution in [-0.2, 0) is 6.54 Å². The number of hydrogen-bond donors (Lipinski definition) is 1. The maximum Gasteiger partial charge on any atom is 0.254 e. The van der Waals surface area contributed by atoms with E-state index in [-0.39, 0.29) is 11.7 Å². The molecule has 1 aliphatic heterocycles. The lowest BCUT2D eigenvalue weighted by Crippen LogP contribution is -3.13. The van der Waals surface area contributed by atoms with Crippen molar-refractivity contribution >= 4 is 5.91 Å². The van der Waals surface area contributed by atoms with Crippen molar-refractivity contribution in [1.29, 1.82) is 0 Å². The van der Waals surface area contributed by atoms with Gasteiger partial charge < -0.3 is 14.5 Å². The Morgan fingerprint density at radius 3 is 2.58 bits per heavy atom. The molecular formula is C18H21FN3O2+. The molecule has 1 N–H and O–H groups in total. The maximum absolute atomic E-state index is 13.8. The van der Waals surface area contributed by atoms with E-state index in [4.69, 9.17) is 4.74 Å². The number of carbonyl (C=O) groups is 1. The second-order valence-electron chi connectivity index (χ2n) is 5.92. The Bertz CT molecular complexity index is 701. The van der Waals surface area contributed by atoms with Crippen LogP contribution in [0.4, 0.5) is 4.39 Å². The summed E-state index contributed by atoms with van der Waals surface area (Å²) in [6.45, 7) is 4.04. The number of quaternary nitrogens is 1. The van der Waals surface area contributed by atoms with Crippen molar-refractivity contribution in [2.45, 2.75) is 6.54 Å². The molecule has 1 saturated heterocycles. The highest BCUT2D eigenvalue weighted by atomic mass is 19.1. The van der Waals surface area contributed by atoms with Gasteiger partial charge in [0.05, 0.1) is 33.3 Å². The molecule has 24 heavy (non-hydrogen) atoms. The molecule has 3 rings (SSSR count). The van der Waals surface area contributed by atoms with E-state index in [9.17, 15) is 9.18 Å².